The molecule has 1 aromatic heterocycles. The highest BCUT2D eigenvalue weighted by atomic mass is 35.5. The Kier molecular flexibility index (Phi) is 3.91. The van der Waals surface area contributed by atoms with Gasteiger partial charge in [-0.25, -0.2) is 0 Å². The minimum absolute atomic E-state index is 0.0145. The Morgan fingerprint density at radius 3 is 2.52 bits per heavy atom. The Labute approximate surface area is 150 Å². The van der Waals surface area contributed by atoms with Crippen molar-refractivity contribution < 1.29 is 5.11 Å². The molecule has 0 radical (unpaired) electrons. The zero-order chi connectivity index (χ0) is 17.6. The van der Waals surface area contributed by atoms with Crippen molar-refractivity contribution in [1.29, 1.82) is 0 Å². The van der Waals surface area contributed by atoms with Crippen LogP contribution < -0.4 is 5.56 Å². The lowest BCUT2D eigenvalue weighted by Gasteiger charge is -2.46. The number of fused-ring (bicyclic) bond motifs is 1. The third-order valence-corrected chi connectivity index (χ3v) is 5.21. The number of halogens is 1. The second-order valence-electron chi connectivity index (χ2n) is 6.78. The van der Waals surface area contributed by atoms with E-state index in [0.29, 0.717) is 24.7 Å². The van der Waals surface area contributed by atoms with Crippen LogP contribution in [0, 0.1) is 0 Å². The van der Waals surface area contributed by atoms with Gasteiger partial charge in [0.2, 0.25) is 0 Å². The first kappa shape index (κ1) is 16.3. The number of hydrogen-bond donors (Lipinski definition) is 1. The lowest BCUT2D eigenvalue weighted by molar-refractivity contribution is -0.108. The molecule has 1 saturated heterocycles. The Hall–Kier alpha value is -2.14. The van der Waals surface area contributed by atoms with Gasteiger partial charge < -0.3 is 9.67 Å². The number of rotatable bonds is 3. The van der Waals surface area contributed by atoms with Gasteiger partial charge in [-0.3, -0.25) is 9.69 Å². The Morgan fingerprint density at radius 2 is 1.80 bits per heavy atom. The highest BCUT2D eigenvalue weighted by Crippen LogP contribution is 2.33. The lowest BCUT2D eigenvalue weighted by Crippen LogP contribution is -2.59. The van der Waals surface area contributed by atoms with Gasteiger partial charge in [0.15, 0.2) is 0 Å². The number of β-amino-alcohol motifs (C(OH)–C–C–N with tert-alkyl or cyclic N) is 1. The maximum atomic E-state index is 12.6. The maximum absolute atomic E-state index is 12.6. The second-order valence-corrected chi connectivity index (χ2v) is 7.21. The van der Waals surface area contributed by atoms with Gasteiger partial charge in [0, 0.05) is 37.3 Å². The predicted octanol–water partition coefficient (Wildman–Crippen LogP) is 2.90. The monoisotopic (exact) mass is 354 g/mol. The minimum Gasteiger partial charge on any atom is -0.382 e. The van der Waals surface area contributed by atoms with Gasteiger partial charge in [0.05, 0.1) is 5.52 Å². The van der Waals surface area contributed by atoms with Crippen LogP contribution in [0.3, 0.4) is 0 Å². The SMILES string of the molecule is Cn1c(=O)c(CN2CC(O)(c3ccc(Cl)cc3)C2)cc2ccccc21. The zero-order valence-corrected chi connectivity index (χ0v) is 14.7. The van der Waals surface area contributed by atoms with E-state index in [9.17, 15) is 9.90 Å². The first-order valence-corrected chi connectivity index (χ1v) is 8.62. The van der Waals surface area contributed by atoms with Crippen LogP contribution in [0.25, 0.3) is 10.9 Å². The number of pyridine rings is 1. The molecule has 0 amide bonds. The van der Waals surface area contributed by atoms with E-state index in [2.05, 4.69) is 4.90 Å². The van der Waals surface area contributed by atoms with Crippen LogP contribution in [-0.4, -0.2) is 27.7 Å². The van der Waals surface area contributed by atoms with Crippen molar-refractivity contribution in [2.24, 2.45) is 7.05 Å². The molecule has 0 saturated carbocycles. The molecular formula is C20H19ClN2O2. The molecule has 3 aromatic rings. The standard InChI is InChI=1S/C20H19ClN2O2/c1-22-18-5-3-2-4-14(18)10-15(19(22)24)11-23-12-20(25,13-23)16-6-8-17(21)9-7-16/h2-10,25H,11-13H2,1H3. The molecule has 0 bridgehead atoms. The topological polar surface area (TPSA) is 45.5 Å². The lowest BCUT2D eigenvalue weighted by atomic mass is 9.86. The first-order chi connectivity index (χ1) is 12.0. The van der Waals surface area contributed by atoms with Gasteiger partial charge in [-0.15, -0.1) is 0 Å². The van der Waals surface area contributed by atoms with Gasteiger partial charge in [-0.05, 0) is 35.2 Å². The minimum atomic E-state index is -0.868. The number of para-hydroxylation sites is 1. The van der Waals surface area contributed by atoms with Crippen molar-refractivity contribution >= 4 is 22.5 Å². The quantitative estimate of drug-likeness (QED) is 0.786. The van der Waals surface area contributed by atoms with Crippen LogP contribution in [0.5, 0.6) is 0 Å². The van der Waals surface area contributed by atoms with Gasteiger partial charge >= 0.3 is 0 Å². The fourth-order valence-corrected chi connectivity index (χ4v) is 3.72. The Balaban J connectivity index is 1.55. The highest BCUT2D eigenvalue weighted by Gasteiger charge is 2.42. The predicted molar refractivity (Wildman–Crippen MR) is 99.8 cm³/mol. The molecule has 1 aliphatic rings. The van der Waals surface area contributed by atoms with Gasteiger partial charge in [0.25, 0.3) is 5.56 Å². The van der Waals surface area contributed by atoms with Crippen LogP contribution >= 0.6 is 11.6 Å². The van der Waals surface area contributed by atoms with E-state index >= 15 is 0 Å². The molecule has 5 heteroatoms. The van der Waals surface area contributed by atoms with Crippen LogP contribution in [0.15, 0.2) is 59.4 Å². The number of hydrogen-bond acceptors (Lipinski definition) is 3. The van der Waals surface area contributed by atoms with Gasteiger partial charge in [-0.2, -0.15) is 0 Å². The van der Waals surface area contributed by atoms with Crippen molar-refractivity contribution in [3.05, 3.63) is 81.1 Å². The normalized spacial score (nSPS) is 16.8. The van der Waals surface area contributed by atoms with E-state index < -0.39 is 5.60 Å². The van der Waals surface area contributed by atoms with Crippen molar-refractivity contribution in [3.8, 4) is 0 Å². The van der Waals surface area contributed by atoms with Crippen LogP contribution in [0.2, 0.25) is 5.02 Å². The van der Waals surface area contributed by atoms with Crippen molar-refractivity contribution in [2.45, 2.75) is 12.1 Å². The second kappa shape index (κ2) is 5.99. The van der Waals surface area contributed by atoms with Gasteiger partial charge in [-0.1, -0.05) is 41.9 Å². The Morgan fingerprint density at radius 1 is 1.12 bits per heavy atom. The summed E-state index contributed by atoms with van der Waals surface area (Å²) < 4.78 is 1.69. The molecule has 2 aromatic carbocycles. The molecule has 25 heavy (non-hydrogen) atoms. The summed E-state index contributed by atoms with van der Waals surface area (Å²) in [5.74, 6) is 0. The number of likely N-dealkylation sites (tertiary alicyclic amines) is 1. The molecule has 0 atom stereocenters. The number of benzene rings is 2. The third kappa shape index (κ3) is 2.86. The highest BCUT2D eigenvalue weighted by molar-refractivity contribution is 6.30. The fraction of sp³-hybridized carbons (Fsp3) is 0.250. The molecule has 0 spiro atoms. The molecular weight excluding hydrogens is 336 g/mol. The summed E-state index contributed by atoms with van der Waals surface area (Å²) in [6, 6.07) is 17.1. The number of aromatic nitrogens is 1. The van der Waals surface area contributed by atoms with Crippen LogP contribution in [0.1, 0.15) is 11.1 Å². The van der Waals surface area contributed by atoms with E-state index in [0.717, 1.165) is 22.0 Å². The average molecular weight is 355 g/mol. The summed E-state index contributed by atoms with van der Waals surface area (Å²) in [4.78, 5) is 14.7. The van der Waals surface area contributed by atoms with Gasteiger partial charge in [0.1, 0.15) is 5.60 Å². The molecule has 1 aliphatic heterocycles. The summed E-state index contributed by atoms with van der Waals surface area (Å²) in [6.45, 7) is 1.54. The van der Waals surface area contributed by atoms with E-state index in [1.807, 2.05) is 42.5 Å². The van der Waals surface area contributed by atoms with E-state index in [4.69, 9.17) is 11.6 Å². The molecule has 0 aliphatic carbocycles. The fourth-order valence-electron chi connectivity index (χ4n) is 3.59. The van der Waals surface area contributed by atoms with Crippen LogP contribution in [-0.2, 0) is 19.2 Å². The van der Waals surface area contributed by atoms with E-state index in [1.165, 1.54) is 0 Å². The maximum Gasteiger partial charge on any atom is 0.255 e. The summed E-state index contributed by atoms with van der Waals surface area (Å²) in [5.41, 5.74) is 1.68. The van der Waals surface area contributed by atoms with E-state index in [-0.39, 0.29) is 5.56 Å². The van der Waals surface area contributed by atoms with Crippen molar-refractivity contribution in [2.75, 3.05) is 13.1 Å². The molecule has 4 rings (SSSR count). The smallest absolute Gasteiger partial charge is 0.255 e. The first-order valence-electron chi connectivity index (χ1n) is 8.25. The summed E-state index contributed by atoms with van der Waals surface area (Å²) >= 11 is 5.91. The largest absolute Gasteiger partial charge is 0.382 e. The Bertz CT molecular complexity index is 989. The molecule has 1 N–H and O–H groups in total. The average Bonchev–Trinajstić information content (AvgIpc) is 2.58. The summed E-state index contributed by atoms with van der Waals surface area (Å²) in [7, 11) is 1.80. The third-order valence-electron chi connectivity index (χ3n) is 4.95. The number of nitrogens with zero attached hydrogens (tertiary/aromatic N) is 2. The molecule has 2 heterocycles. The van der Waals surface area contributed by atoms with Crippen LogP contribution in [0.4, 0.5) is 0 Å². The number of aryl methyl sites for hydroxylation is 1. The van der Waals surface area contributed by atoms with Crippen molar-refractivity contribution in [3.63, 3.8) is 0 Å². The molecule has 128 valence electrons. The summed E-state index contributed by atoms with van der Waals surface area (Å²) in [6.07, 6.45) is 0. The van der Waals surface area contributed by atoms with E-state index in [1.54, 1.807) is 23.7 Å². The number of aliphatic hydroxyl groups is 1. The summed E-state index contributed by atoms with van der Waals surface area (Å²) in [5, 5.41) is 12.5. The molecule has 1 fully saturated rings. The molecule has 4 nitrogen and oxygen atoms in total. The zero-order valence-electron chi connectivity index (χ0n) is 13.9. The molecule has 0 unspecified atom stereocenters. The van der Waals surface area contributed by atoms with Crippen molar-refractivity contribution in [1.82, 2.24) is 9.47 Å².